The number of carbonyl (C=O) groups excluding carboxylic acids is 1. The zero-order chi connectivity index (χ0) is 12.3. The van der Waals surface area contributed by atoms with Crippen molar-refractivity contribution >= 4 is 5.97 Å². The molecule has 0 amide bonds. The lowest BCUT2D eigenvalue weighted by molar-refractivity contribution is 0.0338. The van der Waals surface area contributed by atoms with Crippen molar-refractivity contribution in [2.75, 3.05) is 6.61 Å². The predicted molar refractivity (Wildman–Crippen MR) is 64.5 cm³/mol. The molecule has 1 aliphatic rings. The van der Waals surface area contributed by atoms with Gasteiger partial charge in [-0.15, -0.1) is 0 Å². The van der Waals surface area contributed by atoms with Gasteiger partial charge in [0, 0.05) is 0 Å². The zero-order valence-corrected chi connectivity index (χ0v) is 10.1. The zero-order valence-electron chi connectivity index (χ0n) is 10.1. The Labute approximate surface area is 101 Å². The highest BCUT2D eigenvalue weighted by Crippen LogP contribution is 2.23. The van der Waals surface area contributed by atoms with Crippen LogP contribution in [-0.2, 0) is 9.47 Å². The molecular weight excluding hydrogens is 216 g/mol. The van der Waals surface area contributed by atoms with Crippen molar-refractivity contribution in [3.8, 4) is 0 Å². The molecule has 1 aromatic rings. The maximum atomic E-state index is 11.9. The van der Waals surface area contributed by atoms with Crippen LogP contribution in [0.2, 0.25) is 0 Å². The summed E-state index contributed by atoms with van der Waals surface area (Å²) in [6, 6.07) is 8.98. The fourth-order valence-corrected chi connectivity index (χ4v) is 1.79. The van der Waals surface area contributed by atoms with Crippen LogP contribution in [0.3, 0.4) is 0 Å². The molecule has 90 valence electrons. The Kier molecular flexibility index (Phi) is 3.59. The number of benzene rings is 1. The molecule has 1 aromatic carbocycles. The van der Waals surface area contributed by atoms with Crippen molar-refractivity contribution < 1.29 is 14.3 Å². The molecule has 17 heavy (non-hydrogen) atoms. The lowest BCUT2D eigenvalue weighted by atomic mass is 10.1. The number of esters is 1. The van der Waals surface area contributed by atoms with Crippen molar-refractivity contribution in [2.24, 2.45) is 5.92 Å². The largest absolute Gasteiger partial charge is 0.425 e. The molecule has 0 bridgehead atoms. The first-order valence-electron chi connectivity index (χ1n) is 5.77. The molecule has 3 heteroatoms. The summed E-state index contributed by atoms with van der Waals surface area (Å²) in [5, 5.41) is 0. The van der Waals surface area contributed by atoms with Crippen LogP contribution in [0.5, 0.6) is 0 Å². The molecular formula is C14H16O3. The molecule has 2 rings (SSSR count). The van der Waals surface area contributed by atoms with Crippen LogP contribution in [0, 0.1) is 5.92 Å². The van der Waals surface area contributed by atoms with Gasteiger partial charge in [-0.2, -0.15) is 0 Å². The summed E-state index contributed by atoms with van der Waals surface area (Å²) in [4.78, 5) is 11.9. The molecule has 1 unspecified atom stereocenters. The minimum atomic E-state index is -0.326. The summed E-state index contributed by atoms with van der Waals surface area (Å²) in [5.41, 5.74) is 0.558. The van der Waals surface area contributed by atoms with E-state index in [9.17, 15) is 4.79 Å². The standard InChI is InChI=1S/C14H16O3/c1-10(2)13-12(8-9-16-13)17-14(15)11-6-4-3-5-7-11/h3-8,10,13H,9H2,1-2H3. The van der Waals surface area contributed by atoms with E-state index in [2.05, 4.69) is 0 Å². The number of carbonyl (C=O) groups is 1. The maximum absolute atomic E-state index is 11.9. The van der Waals surface area contributed by atoms with Crippen LogP contribution in [0.1, 0.15) is 24.2 Å². The molecule has 0 N–H and O–H groups in total. The van der Waals surface area contributed by atoms with Crippen molar-refractivity contribution in [3.63, 3.8) is 0 Å². The van der Waals surface area contributed by atoms with E-state index < -0.39 is 0 Å². The molecule has 1 aliphatic heterocycles. The topological polar surface area (TPSA) is 35.5 Å². The van der Waals surface area contributed by atoms with E-state index in [1.165, 1.54) is 0 Å². The molecule has 0 saturated carbocycles. The van der Waals surface area contributed by atoms with E-state index in [-0.39, 0.29) is 12.1 Å². The van der Waals surface area contributed by atoms with Crippen molar-refractivity contribution in [3.05, 3.63) is 47.7 Å². The third-order valence-electron chi connectivity index (χ3n) is 2.67. The van der Waals surface area contributed by atoms with Gasteiger partial charge < -0.3 is 9.47 Å². The Balaban J connectivity index is 2.05. The number of ether oxygens (including phenoxy) is 2. The molecule has 0 aliphatic carbocycles. The van der Waals surface area contributed by atoms with Gasteiger partial charge in [0.2, 0.25) is 0 Å². The summed E-state index contributed by atoms with van der Waals surface area (Å²) in [5.74, 6) is 0.606. The molecule has 1 heterocycles. The first-order chi connectivity index (χ1) is 8.18. The van der Waals surface area contributed by atoms with Crippen molar-refractivity contribution in [1.82, 2.24) is 0 Å². The second-order valence-electron chi connectivity index (χ2n) is 4.36. The Morgan fingerprint density at radius 2 is 2.06 bits per heavy atom. The Morgan fingerprint density at radius 3 is 2.71 bits per heavy atom. The Bertz CT molecular complexity index is 420. The van der Waals surface area contributed by atoms with Crippen LogP contribution in [0.4, 0.5) is 0 Å². The first kappa shape index (κ1) is 11.9. The summed E-state index contributed by atoms with van der Waals surface area (Å²) in [6.45, 7) is 4.60. The molecule has 0 radical (unpaired) electrons. The van der Waals surface area contributed by atoms with Gasteiger partial charge in [0.15, 0.2) is 0 Å². The maximum Gasteiger partial charge on any atom is 0.343 e. The molecule has 0 aromatic heterocycles. The van der Waals surface area contributed by atoms with E-state index >= 15 is 0 Å². The van der Waals surface area contributed by atoms with Crippen molar-refractivity contribution in [1.29, 1.82) is 0 Å². The fraction of sp³-hybridized carbons (Fsp3) is 0.357. The number of rotatable bonds is 3. The normalized spacial score (nSPS) is 19.2. The lowest BCUT2D eigenvalue weighted by Gasteiger charge is -2.17. The highest BCUT2D eigenvalue weighted by atomic mass is 16.6. The van der Waals surface area contributed by atoms with Gasteiger partial charge in [0.1, 0.15) is 11.9 Å². The lowest BCUT2D eigenvalue weighted by Crippen LogP contribution is -2.21. The monoisotopic (exact) mass is 232 g/mol. The third kappa shape index (κ3) is 2.74. The second-order valence-corrected chi connectivity index (χ2v) is 4.36. The minimum absolute atomic E-state index is 0.109. The van der Waals surface area contributed by atoms with E-state index in [1.54, 1.807) is 12.1 Å². The van der Waals surface area contributed by atoms with Gasteiger partial charge in [0.05, 0.1) is 12.2 Å². The summed E-state index contributed by atoms with van der Waals surface area (Å²) < 4.78 is 10.9. The molecule has 1 atom stereocenters. The Morgan fingerprint density at radius 1 is 1.35 bits per heavy atom. The van der Waals surface area contributed by atoms with E-state index in [1.807, 2.05) is 38.1 Å². The number of hydrogen-bond acceptors (Lipinski definition) is 3. The smallest absolute Gasteiger partial charge is 0.343 e. The van der Waals surface area contributed by atoms with Crippen LogP contribution in [0.25, 0.3) is 0 Å². The minimum Gasteiger partial charge on any atom is -0.425 e. The SMILES string of the molecule is CC(C)C1OCC=C1OC(=O)c1ccccc1. The quantitative estimate of drug-likeness (QED) is 0.752. The fourth-order valence-electron chi connectivity index (χ4n) is 1.79. The predicted octanol–water partition coefficient (Wildman–Crippen LogP) is 2.78. The average molecular weight is 232 g/mol. The first-order valence-corrected chi connectivity index (χ1v) is 5.77. The van der Waals surface area contributed by atoms with Gasteiger partial charge in [-0.25, -0.2) is 4.79 Å². The second kappa shape index (κ2) is 5.15. The van der Waals surface area contributed by atoms with Gasteiger partial charge in [-0.05, 0) is 24.1 Å². The van der Waals surface area contributed by atoms with Gasteiger partial charge in [-0.3, -0.25) is 0 Å². The van der Waals surface area contributed by atoms with Crippen LogP contribution in [-0.4, -0.2) is 18.7 Å². The average Bonchev–Trinajstić information content (AvgIpc) is 2.78. The number of hydrogen-bond donors (Lipinski definition) is 0. The summed E-state index contributed by atoms with van der Waals surface area (Å²) in [7, 11) is 0. The van der Waals surface area contributed by atoms with Crippen LogP contribution >= 0.6 is 0 Å². The Hall–Kier alpha value is -1.61. The molecule has 0 saturated heterocycles. The molecule has 0 spiro atoms. The van der Waals surface area contributed by atoms with Crippen molar-refractivity contribution in [2.45, 2.75) is 20.0 Å². The van der Waals surface area contributed by atoms with Gasteiger partial charge in [-0.1, -0.05) is 32.0 Å². The van der Waals surface area contributed by atoms with Crippen LogP contribution < -0.4 is 0 Å². The molecule has 3 nitrogen and oxygen atoms in total. The third-order valence-corrected chi connectivity index (χ3v) is 2.67. The van der Waals surface area contributed by atoms with Gasteiger partial charge >= 0.3 is 5.97 Å². The van der Waals surface area contributed by atoms with Crippen LogP contribution in [0.15, 0.2) is 42.2 Å². The van der Waals surface area contributed by atoms with Gasteiger partial charge in [0.25, 0.3) is 0 Å². The summed E-state index contributed by atoms with van der Waals surface area (Å²) in [6.07, 6.45) is 1.72. The van der Waals surface area contributed by atoms with E-state index in [4.69, 9.17) is 9.47 Å². The van der Waals surface area contributed by atoms with E-state index in [0.717, 1.165) is 0 Å². The highest BCUT2D eigenvalue weighted by Gasteiger charge is 2.27. The highest BCUT2D eigenvalue weighted by molar-refractivity contribution is 5.90. The van der Waals surface area contributed by atoms with E-state index in [0.29, 0.717) is 23.8 Å². The molecule has 0 fully saturated rings. The summed E-state index contributed by atoms with van der Waals surface area (Å²) >= 11 is 0.